The third-order valence-corrected chi connectivity index (χ3v) is 6.39. The van der Waals surface area contributed by atoms with Crippen molar-refractivity contribution >= 4 is 5.91 Å². The van der Waals surface area contributed by atoms with E-state index in [0.717, 1.165) is 37.2 Å². The molecule has 2 aliphatic rings. The minimum absolute atomic E-state index is 0.0521. The van der Waals surface area contributed by atoms with Crippen molar-refractivity contribution in [3.63, 3.8) is 0 Å². The number of rotatable bonds is 4. The number of piperidine rings is 1. The van der Waals surface area contributed by atoms with E-state index in [4.69, 9.17) is 9.47 Å². The van der Waals surface area contributed by atoms with Crippen molar-refractivity contribution in [2.24, 2.45) is 0 Å². The van der Waals surface area contributed by atoms with E-state index in [1.165, 1.54) is 11.1 Å². The Labute approximate surface area is 166 Å². The molecule has 1 aliphatic heterocycles. The summed E-state index contributed by atoms with van der Waals surface area (Å²) in [6.45, 7) is 3.86. The van der Waals surface area contributed by atoms with Gasteiger partial charge in [0.25, 0.3) is 5.91 Å². The molecule has 1 heterocycles. The first kappa shape index (κ1) is 19.0. The Morgan fingerprint density at radius 1 is 1.14 bits per heavy atom. The van der Waals surface area contributed by atoms with Crippen LogP contribution in [0.4, 0.5) is 0 Å². The molecule has 0 saturated carbocycles. The second kappa shape index (κ2) is 7.57. The molecule has 2 atom stereocenters. The molecule has 28 heavy (non-hydrogen) atoms. The average Bonchev–Trinajstić information content (AvgIpc) is 2.97. The number of hydrogen-bond acceptors (Lipinski definition) is 4. The average molecular weight is 380 g/mol. The second-order valence-corrected chi connectivity index (χ2v) is 7.78. The Balaban J connectivity index is 1.68. The number of carbonyl (C=O) groups is 1. The summed E-state index contributed by atoms with van der Waals surface area (Å²) in [6.07, 6.45) is 1.95. The standard InChI is InChI=1S/C23H28N2O3/c1-15-14-16(27-2)8-9-17(15)22(26)25-20-18-6-4-5-7-19(18)23(21(20)28-3)10-12-24-13-11-23/h4-9,14,20-21,24H,10-13H2,1-3H3,(H,25,26)/t20-,21+/m0/s1. The molecule has 2 aromatic carbocycles. The summed E-state index contributed by atoms with van der Waals surface area (Å²) in [7, 11) is 3.39. The molecule has 0 aromatic heterocycles. The summed E-state index contributed by atoms with van der Waals surface area (Å²) in [5.74, 6) is 0.677. The molecule has 5 heteroatoms. The van der Waals surface area contributed by atoms with E-state index in [0.29, 0.717) is 5.56 Å². The van der Waals surface area contributed by atoms with Gasteiger partial charge < -0.3 is 20.1 Å². The largest absolute Gasteiger partial charge is 0.497 e. The lowest BCUT2D eigenvalue weighted by Crippen LogP contribution is -2.49. The van der Waals surface area contributed by atoms with Crippen LogP contribution in [0.25, 0.3) is 0 Å². The van der Waals surface area contributed by atoms with Crippen molar-refractivity contribution in [1.82, 2.24) is 10.6 Å². The number of methoxy groups -OCH3 is 2. The molecule has 4 rings (SSSR count). The number of benzene rings is 2. The summed E-state index contributed by atoms with van der Waals surface area (Å²) in [6, 6.07) is 13.9. The lowest BCUT2D eigenvalue weighted by atomic mass is 9.72. The van der Waals surface area contributed by atoms with Gasteiger partial charge in [-0.05, 0) is 67.7 Å². The van der Waals surface area contributed by atoms with Crippen LogP contribution in [0.15, 0.2) is 42.5 Å². The van der Waals surface area contributed by atoms with Crippen molar-refractivity contribution in [2.75, 3.05) is 27.3 Å². The molecule has 0 bridgehead atoms. The van der Waals surface area contributed by atoms with Crippen LogP contribution in [0.2, 0.25) is 0 Å². The summed E-state index contributed by atoms with van der Waals surface area (Å²) in [4.78, 5) is 13.1. The van der Waals surface area contributed by atoms with Crippen LogP contribution in [0.3, 0.4) is 0 Å². The van der Waals surface area contributed by atoms with E-state index in [1.807, 2.05) is 31.2 Å². The van der Waals surface area contributed by atoms with Crippen LogP contribution in [-0.2, 0) is 10.2 Å². The Morgan fingerprint density at radius 2 is 1.89 bits per heavy atom. The third-order valence-electron chi connectivity index (χ3n) is 6.39. The van der Waals surface area contributed by atoms with E-state index >= 15 is 0 Å². The molecule has 5 nitrogen and oxygen atoms in total. The molecule has 2 N–H and O–H groups in total. The van der Waals surface area contributed by atoms with Gasteiger partial charge in [-0.1, -0.05) is 24.3 Å². The molecule has 0 unspecified atom stereocenters. The molecule has 1 saturated heterocycles. The number of hydrogen-bond donors (Lipinski definition) is 2. The normalized spacial score (nSPS) is 22.7. The maximum Gasteiger partial charge on any atom is 0.252 e. The van der Waals surface area contributed by atoms with Gasteiger partial charge in [-0.15, -0.1) is 0 Å². The molecule has 2 aromatic rings. The molecule has 1 amide bonds. The van der Waals surface area contributed by atoms with E-state index in [9.17, 15) is 4.79 Å². The fraction of sp³-hybridized carbons (Fsp3) is 0.435. The molecular weight excluding hydrogens is 352 g/mol. The summed E-state index contributed by atoms with van der Waals surface area (Å²) in [5.41, 5.74) is 4.01. The summed E-state index contributed by atoms with van der Waals surface area (Å²) < 4.78 is 11.3. The van der Waals surface area contributed by atoms with Crippen LogP contribution in [0.1, 0.15) is 45.9 Å². The van der Waals surface area contributed by atoms with Gasteiger partial charge >= 0.3 is 0 Å². The summed E-state index contributed by atoms with van der Waals surface area (Å²) >= 11 is 0. The monoisotopic (exact) mass is 380 g/mol. The van der Waals surface area contributed by atoms with Gasteiger partial charge in [-0.3, -0.25) is 4.79 Å². The van der Waals surface area contributed by atoms with Gasteiger partial charge in [-0.2, -0.15) is 0 Å². The molecule has 0 radical (unpaired) electrons. The SMILES string of the molecule is COc1ccc(C(=O)N[C@H]2c3ccccc3C3(CCNCC3)[C@@H]2OC)c(C)c1. The van der Waals surface area contributed by atoms with Crippen molar-refractivity contribution in [3.05, 3.63) is 64.7 Å². The van der Waals surface area contributed by atoms with E-state index in [2.05, 4.69) is 28.8 Å². The third kappa shape index (κ3) is 2.99. The van der Waals surface area contributed by atoms with Crippen molar-refractivity contribution in [1.29, 1.82) is 0 Å². The lowest BCUT2D eigenvalue weighted by Gasteiger charge is -2.40. The zero-order valence-corrected chi connectivity index (χ0v) is 16.7. The maximum atomic E-state index is 13.1. The number of carbonyl (C=O) groups excluding carboxylic acids is 1. The minimum atomic E-state index is -0.159. The van der Waals surface area contributed by atoms with Crippen LogP contribution in [0.5, 0.6) is 5.75 Å². The van der Waals surface area contributed by atoms with Crippen LogP contribution >= 0.6 is 0 Å². The highest BCUT2D eigenvalue weighted by molar-refractivity contribution is 5.96. The van der Waals surface area contributed by atoms with Crippen molar-refractivity contribution in [3.8, 4) is 5.75 Å². The van der Waals surface area contributed by atoms with Gasteiger partial charge in [-0.25, -0.2) is 0 Å². The first-order valence-corrected chi connectivity index (χ1v) is 9.89. The zero-order chi connectivity index (χ0) is 19.7. The minimum Gasteiger partial charge on any atom is -0.497 e. The van der Waals surface area contributed by atoms with E-state index in [-0.39, 0.29) is 23.5 Å². The highest BCUT2D eigenvalue weighted by Crippen LogP contribution is 2.51. The van der Waals surface area contributed by atoms with Crippen molar-refractivity contribution in [2.45, 2.75) is 37.3 Å². The van der Waals surface area contributed by atoms with Gasteiger partial charge in [0.05, 0.1) is 19.3 Å². The Bertz CT molecular complexity index is 874. The highest BCUT2D eigenvalue weighted by Gasteiger charge is 2.53. The van der Waals surface area contributed by atoms with E-state index < -0.39 is 0 Å². The van der Waals surface area contributed by atoms with Gasteiger partial charge in [0.2, 0.25) is 0 Å². The first-order valence-electron chi connectivity index (χ1n) is 9.89. The smallest absolute Gasteiger partial charge is 0.252 e. The number of amides is 1. The zero-order valence-electron chi connectivity index (χ0n) is 16.7. The number of ether oxygens (including phenoxy) is 2. The second-order valence-electron chi connectivity index (χ2n) is 7.78. The van der Waals surface area contributed by atoms with Gasteiger partial charge in [0.1, 0.15) is 5.75 Å². The maximum absolute atomic E-state index is 13.1. The fourth-order valence-electron chi connectivity index (χ4n) is 5.04. The predicted molar refractivity (Wildman–Crippen MR) is 109 cm³/mol. The number of nitrogens with one attached hydrogen (secondary N) is 2. The first-order chi connectivity index (χ1) is 13.6. The molecule has 148 valence electrons. The predicted octanol–water partition coefficient (Wildman–Crippen LogP) is 3.12. The van der Waals surface area contributed by atoms with Gasteiger partial charge in [0, 0.05) is 18.1 Å². The summed E-state index contributed by atoms with van der Waals surface area (Å²) in [5, 5.41) is 6.73. The number of aryl methyl sites for hydroxylation is 1. The van der Waals surface area contributed by atoms with Gasteiger partial charge in [0.15, 0.2) is 0 Å². The molecular formula is C23H28N2O3. The Hall–Kier alpha value is -2.37. The van der Waals surface area contributed by atoms with Crippen LogP contribution < -0.4 is 15.4 Å². The Kier molecular flexibility index (Phi) is 5.13. The van der Waals surface area contributed by atoms with Crippen LogP contribution in [-0.4, -0.2) is 39.3 Å². The fourth-order valence-corrected chi connectivity index (χ4v) is 5.04. The number of fused-ring (bicyclic) bond motifs is 2. The lowest BCUT2D eigenvalue weighted by molar-refractivity contribution is 0.00396. The molecule has 1 spiro atoms. The Morgan fingerprint density at radius 3 is 2.57 bits per heavy atom. The quantitative estimate of drug-likeness (QED) is 0.856. The topological polar surface area (TPSA) is 59.6 Å². The van der Waals surface area contributed by atoms with Crippen LogP contribution in [0, 0.1) is 6.92 Å². The molecule has 1 aliphatic carbocycles. The molecule has 1 fully saturated rings. The highest BCUT2D eigenvalue weighted by atomic mass is 16.5. The van der Waals surface area contributed by atoms with Crippen molar-refractivity contribution < 1.29 is 14.3 Å². The van der Waals surface area contributed by atoms with E-state index in [1.54, 1.807) is 14.2 Å².